The molecule has 10 nitrogen and oxygen atoms in total. The maximum absolute atomic E-state index is 15.4. The average Bonchev–Trinajstić information content (AvgIpc) is 3.56. The fourth-order valence-corrected chi connectivity index (χ4v) is 6.11. The number of nitriles is 1. The van der Waals surface area contributed by atoms with Crippen LogP contribution in [0, 0.1) is 17.1 Å². The van der Waals surface area contributed by atoms with Gasteiger partial charge in [-0.2, -0.15) is 18.4 Å². The molecule has 0 aromatic carbocycles. The standard InChI is InChI=1S/C27H26F5N9O/c1-15-18(22-17-3-8-35-24(17)37-14-36-22)10-41(38-15)26(5-6-33)12-40(13-26)20-4-9-39(11-19(20)28)25(42)16-2-7-34-23(21(16)29)27(30,31)32/h2-3,7-8,10,14-15,19-20,38H,4-5,9,11-13H2,1H3,(H,35,36,37)/t15?,19-,20+/m0/s1. The number of hydrazine groups is 1. The summed E-state index contributed by atoms with van der Waals surface area (Å²) in [5, 5.41) is 12.4. The number of rotatable bonds is 5. The number of likely N-dealkylation sites (tertiary alicyclic amines) is 2. The number of carbonyl (C=O) groups is 1. The molecule has 3 aliphatic rings. The van der Waals surface area contributed by atoms with E-state index in [-0.39, 0.29) is 25.4 Å². The molecule has 0 radical (unpaired) electrons. The van der Waals surface area contributed by atoms with Crippen molar-refractivity contribution in [3.8, 4) is 6.07 Å². The number of amides is 1. The summed E-state index contributed by atoms with van der Waals surface area (Å²) in [4.78, 5) is 30.6. The number of H-pyrrole nitrogens is 1. The fraction of sp³-hybridized carbons (Fsp3) is 0.444. The summed E-state index contributed by atoms with van der Waals surface area (Å²) in [6.45, 7) is 2.38. The molecule has 3 aromatic rings. The minimum absolute atomic E-state index is 0.0399. The molecule has 6 heterocycles. The normalized spacial score (nSPS) is 24.4. The quantitative estimate of drug-likeness (QED) is 0.437. The van der Waals surface area contributed by atoms with Crippen LogP contribution in [0.15, 0.2) is 37.1 Å². The summed E-state index contributed by atoms with van der Waals surface area (Å²) >= 11 is 0. The highest BCUT2D eigenvalue weighted by Crippen LogP contribution is 2.39. The van der Waals surface area contributed by atoms with Crippen LogP contribution in [0.4, 0.5) is 22.0 Å². The number of alkyl halides is 4. The predicted octanol–water partition coefficient (Wildman–Crippen LogP) is 3.28. The topological polar surface area (TPSA) is 117 Å². The van der Waals surface area contributed by atoms with E-state index >= 15 is 4.39 Å². The van der Waals surface area contributed by atoms with Gasteiger partial charge in [-0.05, 0) is 25.5 Å². The van der Waals surface area contributed by atoms with Crippen molar-refractivity contribution in [2.45, 2.75) is 49.7 Å². The first-order valence-electron chi connectivity index (χ1n) is 13.3. The van der Waals surface area contributed by atoms with Gasteiger partial charge in [0, 0.05) is 55.2 Å². The van der Waals surface area contributed by atoms with Crippen molar-refractivity contribution in [1.29, 1.82) is 5.26 Å². The van der Waals surface area contributed by atoms with Crippen LogP contribution in [0.3, 0.4) is 0 Å². The van der Waals surface area contributed by atoms with Crippen LogP contribution in [-0.4, -0.2) is 90.6 Å². The summed E-state index contributed by atoms with van der Waals surface area (Å²) < 4.78 is 69.1. The third-order valence-electron chi connectivity index (χ3n) is 8.26. The van der Waals surface area contributed by atoms with Gasteiger partial charge in [0.05, 0.1) is 41.9 Å². The number of nitrogens with one attached hydrogen (secondary N) is 2. The number of halogens is 5. The molecule has 15 heteroatoms. The Morgan fingerprint density at radius 2 is 2.02 bits per heavy atom. The molecule has 6 rings (SSSR count). The van der Waals surface area contributed by atoms with E-state index in [9.17, 15) is 27.6 Å². The highest BCUT2D eigenvalue weighted by Gasteiger charge is 2.53. The Morgan fingerprint density at radius 1 is 1.24 bits per heavy atom. The Bertz CT molecular complexity index is 1590. The molecule has 0 saturated carbocycles. The van der Waals surface area contributed by atoms with Crippen molar-refractivity contribution in [2.24, 2.45) is 0 Å². The zero-order valence-electron chi connectivity index (χ0n) is 22.4. The maximum Gasteiger partial charge on any atom is 0.436 e. The van der Waals surface area contributed by atoms with Gasteiger partial charge in [0.15, 0.2) is 11.5 Å². The number of piperidine rings is 1. The van der Waals surface area contributed by atoms with Crippen LogP contribution in [0.25, 0.3) is 16.6 Å². The average molecular weight is 588 g/mol. The first kappa shape index (κ1) is 28.0. The lowest BCUT2D eigenvalue weighted by molar-refractivity contribution is -0.143. The fourth-order valence-electron chi connectivity index (χ4n) is 6.11. The molecular weight excluding hydrogens is 561 g/mol. The molecular formula is C27H26F5N9O. The van der Waals surface area contributed by atoms with E-state index in [0.717, 1.165) is 27.6 Å². The Hall–Kier alpha value is -4.16. The Kier molecular flexibility index (Phi) is 6.85. The van der Waals surface area contributed by atoms with Crippen LogP contribution in [0.5, 0.6) is 0 Å². The molecule has 2 N–H and O–H groups in total. The lowest BCUT2D eigenvalue weighted by Crippen LogP contribution is -2.74. The number of aromatic nitrogens is 4. The molecule has 0 aliphatic carbocycles. The SMILES string of the molecule is CC1NN(C2(CC#N)CN([C@@H]3CCN(C(=O)c4ccnc(C(F)(F)F)c4F)C[C@@H]3F)C2)C=C1c1ncnc2[nH]ccc12. The number of pyridine rings is 1. The van der Waals surface area contributed by atoms with Gasteiger partial charge in [0.2, 0.25) is 0 Å². The van der Waals surface area contributed by atoms with Crippen molar-refractivity contribution >= 4 is 22.5 Å². The van der Waals surface area contributed by atoms with Crippen LogP contribution >= 0.6 is 0 Å². The molecule has 2 fully saturated rings. The number of fused-ring (bicyclic) bond motifs is 1. The van der Waals surface area contributed by atoms with E-state index in [1.165, 1.54) is 6.33 Å². The minimum Gasteiger partial charge on any atom is -0.346 e. The lowest BCUT2D eigenvalue weighted by Gasteiger charge is -2.57. The number of carbonyl (C=O) groups excluding carboxylic acids is 1. The van der Waals surface area contributed by atoms with Crippen molar-refractivity contribution in [2.75, 3.05) is 26.2 Å². The highest BCUT2D eigenvalue weighted by atomic mass is 19.4. The highest BCUT2D eigenvalue weighted by molar-refractivity contribution is 5.94. The monoisotopic (exact) mass is 587 g/mol. The van der Waals surface area contributed by atoms with Gasteiger partial charge in [-0.25, -0.2) is 29.2 Å². The van der Waals surface area contributed by atoms with Crippen molar-refractivity contribution in [3.63, 3.8) is 0 Å². The smallest absolute Gasteiger partial charge is 0.346 e. The lowest BCUT2D eigenvalue weighted by atomic mass is 9.82. The third kappa shape index (κ3) is 4.64. The van der Waals surface area contributed by atoms with Gasteiger partial charge in [-0.15, -0.1) is 0 Å². The number of aromatic amines is 1. The van der Waals surface area contributed by atoms with Gasteiger partial charge in [-0.1, -0.05) is 0 Å². The predicted molar refractivity (Wildman–Crippen MR) is 139 cm³/mol. The second-order valence-corrected chi connectivity index (χ2v) is 10.9. The molecule has 3 atom stereocenters. The first-order chi connectivity index (χ1) is 20.0. The summed E-state index contributed by atoms with van der Waals surface area (Å²) in [7, 11) is 0. The molecule has 42 heavy (non-hydrogen) atoms. The van der Waals surface area contributed by atoms with E-state index in [1.54, 1.807) is 6.20 Å². The molecule has 2 saturated heterocycles. The van der Waals surface area contributed by atoms with Crippen molar-refractivity contribution in [1.82, 2.24) is 40.2 Å². The summed E-state index contributed by atoms with van der Waals surface area (Å²) in [5.74, 6) is -2.78. The van der Waals surface area contributed by atoms with E-state index in [4.69, 9.17) is 0 Å². The summed E-state index contributed by atoms with van der Waals surface area (Å²) in [6, 6.07) is 4.32. The van der Waals surface area contributed by atoms with Gasteiger partial charge in [0.25, 0.3) is 5.91 Å². The third-order valence-corrected chi connectivity index (χ3v) is 8.26. The van der Waals surface area contributed by atoms with E-state index in [1.807, 2.05) is 29.1 Å². The Labute approximate surface area is 236 Å². The zero-order valence-corrected chi connectivity index (χ0v) is 22.4. The van der Waals surface area contributed by atoms with Gasteiger partial charge in [-0.3, -0.25) is 9.69 Å². The van der Waals surface area contributed by atoms with Crippen LogP contribution in [0.2, 0.25) is 0 Å². The van der Waals surface area contributed by atoms with E-state index in [2.05, 4.69) is 31.4 Å². The molecule has 3 aromatic heterocycles. The van der Waals surface area contributed by atoms with E-state index < -0.39 is 53.5 Å². The van der Waals surface area contributed by atoms with Crippen LogP contribution in [0.1, 0.15) is 41.5 Å². The van der Waals surface area contributed by atoms with Crippen LogP contribution < -0.4 is 5.43 Å². The molecule has 0 spiro atoms. The van der Waals surface area contributed by atoms with Gasteiger partial charge >= 0.3 is 6.18 Å². The minimum atomic E-state index is -5.07. The Balaban J connectivity index is 1.14. The van der Waals surface area contributed by atoms with Gasteiger partial charge < -0.3 is 14.9 Å². The van der Waals surface area contributed by atoms with Crippen LogP contribution in [-0.2, 0) is 6.18 Å². The second kappa shape index (κ2) is 10.3. The summed E-state index contributed by atoms with van der Waals surface area (Å²) in [5.41, 5.74) is 2.59. The van der Waals surface area contributed by atoms with Gasteiger partial charge in [0.1, 0.15) is 18.1 Å². The number of nitrogens with zero attached hydrogens (tertiary/aromatic N) is 7. The molecule has 0 bridgehead atoms. The largest absolute Gasteiger partial charge is 0.436 e. The molecule has 1 amide bonds. The number of hydrogen-bond donors (Lipinski definition) is 2. The van der Waals surface area contributed by atoms with Crippen molar-refractivity contribution < 1.29 is 26.7 Å². The number of hydrogen-bond acceptors (Lipinski definition) is 8. The first-order valence-corrected chi connectivity index (χ1v) is 13.3. The zero-order chi connectivity index (χ0) is 29.8. The molecule has 220 valence electrons. The van der Waals surface area contributed by atoms with E-state index in [0.29, 0.717) is 24.9 Å². The second-order valence-electron chi connectivity index (χ2n) is 10.9. The maximum atomic E-state index is 15.4. The molecule has 3 aliphatic heterocycles. The summed E-state index contributed by atoms with van der Waals surface area (Å²) in [6.07, 6.45) is -0.294. The Morgan fingerprint density at radius 3 is 2.74 bits per heavy atom. The van der Waals surface area contributed by atoms with Crippen molar-refractivity contribution in [3.05, 3.63) is 59.8 Å². The molecule has 1 unspecified atom stereocenters.